The van der Waals surface area contributed by atoms with Crippen LogP contribution in [0.25, 0.3) is 21.5 Å². The molecule has 0 aliphatic heterocycles. The lowest BCUT2D eigenvalue weighted by Crippen LogP contribution is -2.02. The molecule has 0 amide bonds. The molecule has 0 saturated carbocycles. The predicted octanol–water partition coefficient (Wildman–Crippen LogP) is 4.58. The van der Waals surface area contributed by atoms with E-state index in [9.17, 15) is 0 Å². The summed E-state index contributed by atoms with van der Waals surface area (Å²) in [6.07, 6.45) is 1.99. The normalized spacial score (nSPS) is 11.1. The van der Waals surface area contributed by atoms with Crippen LogP contribution in [-0.4, -0.2) is 38.2 Å². The number of methoxy groups -OCH3 is 4. The number of aryl methyl sites for hydroxylation is 1. The van der Waals surface area contributed by atoms with Gasteiger partial charge in [0.05, 0.1) is 40.7 Å². The maximum Gasteiger partial charge on any atom is 0.161 e. The Kier molecular flexibility index (Phi) is 4.92. The monoisotopic (exact) mass is 392 g/mol. The van der Waals surface area contributed by atoms with Crippen LogP contribution in [0.5, 0.6) is 23.0 Å². The van der Waals surface area contributed by atoms with Crippen molar-refractivity contribution < 1.29 is 18.9 Å². The average Bonchev–Trinajstić information content (AvgIpc) is 3.16. The van der Waals surface area contributed by atoms with Gasteiger partial charge in [0, 0.05) is 6.20 Å². The Morgan fingerprint density at radius 3 is 1.83 bits per heavy atom. The smallest absolute Gasteiger partial charge is 0.161 e. The number of ether oxygens (including phenoxy) is 4. The van der Waals surface area contributed by atoms with E-state index >= 15 is 0 Å². The molecule has 0 atom stereocenters. The summed E-state index contributed by atoms with van der Waals surface area (Å²) >= 11 is 0. The molecule has 6 heteroatoms. The zero-order valence-corrected chi connectivity index (χ0v) is 17.3. The van der Waals surface area contributed by atoms with Crippen LogP contribution in [0.15, 0.2) is 42.6 Å². The molecule has 4 rings (SSSR count). The van der Waals surface area contributed by atoms with E-state index in [1.807, 2.05) is 48.1 Å². The van der Waals surface area contributed by atoms with E-state index in [0.29, 0.717) is 29.5 Å². The van der Waals surface area contributed by atoms with Crippen LogP contribution >= 0.6 is 0 Å². The SMILES string of the molecule is COc1cc2cc(Cn3ccc(C)n3)c3cc(OC)c(OC)cc3c2cc1OC. The molecule has 29 heavy (non-hydrogen) atoms. The lowest BCUT2D eigenvalue weighted by molar-refractivity contribution is 0.355. The minimum absolute atomic E-state index is 0.643. The van der Waals surface area contributed by atoms with Crippen molar-refractivity contribution in [3.05, 3.63) is 53.9 Å². The van der Waals surface area contributed by atoms with Crippen molar-refractivity contribution in [3.8, 4) is 23.0 Å². The van der Waals surface area contributed by atoms with Crippen LogP contribution in [0.4, 0.5) is 0 Å². The van der Waals surface area contributed by atoms with Gasteiger partial charge >= 0.3 is 0 Å². The average molecular weight is 392 g/mol. The van der Waals surface area contributed by atoms with Crippen LogP contribution < -0.4 is 18.9 Å². The predicted molar refractivity (Wildman–Crippen MR) is 114 cm³/mol. The van der Waals surface area contributed by atoms with Crippen molar-refractivity contribution in [1.82, 2.24) is 9.78 Å². The van der Waals surface area contributed by atoms with Gasteiger partial charge < -0.3 is 18.9 Å². The molecule has 6 nitrogen and oxygen atoms in total. The molecule has 0 radical (unpaired) electrons. The van der Waals surface area contributed by atoms with E-state index in [0.717, 1.165) is 32.8 Å². The molecule has 4 aromatic rings. The second-order valence-corrected chi connectivity index (χ2v) is 6.87. The Bertz CT molecular complexity index is 1200. The minimum Gasteiger partial charge on any atom is -0.493 e. The Morgan fingerprint density at radius 2 is 1.28 bits per heavy atom. The summed E-state index contributed by atoms with van der Waals surface area (Å²) in [6, 6.07) is 12.2. The molecule has 0 aliphatic carbocycles. The number of nitrogens with zero attached hydrogens (tertiary/aromatic N) is 2. The van der Waals surface area contributed by atoms with Crippen molar-refractivity contribution in [2.75, 3.05) is 28.4 Å². The molecule has 150 valence electrons. The summed E-state index contributed by atoms with van der Waals surface area (Å²) in [5.74, 6) is 2.76. The molecule has 1 heterocycles. The van der Waals surface area contributed by atoms with E-state index < -0.39 is 0 Å². The zero-order chi connectivity index (χ0) is 20.5. The molecule has 0 fully saturated rings. The highest BCUT2D eigenvalue weighted by Crippen LogP contribution is 2.41. The summed E-state index contributed by atoms with van der Waals surface area (Å²) in [5, 5.41) is 8.79. The lowest BCUT2D eigenvalue weighted by atomic mass is 9.96. The number of hydrogen-bond acceptors (Lipinski definition) is 5. The third kappa shape index (κ3) is 3.31. The highest BCUT2D eigenvalue weighted by Gasteiger charge is 2.16. The summed E-state index contributed by atoms with van der Waals surface area (Å²) in [7, 11) is 6.58. The van der Waals surface area contributed by atoms with Crippen LogP contribution in [0, 0.1) is 6.92 Å². The van der Waals surface area contributed by atoms with Crippen molar-refractivity contribution in [3.63, 3.8) is 0 Å². The molecule has 0 aliphatic rings. The Hall–Kier alpha value is -3.41. The van der Waals surface area contributed by atoms with Gasteiger partial charge in [0.15, 0.2) is 23.0 Å². The number of rotatable bonds is 6. The molecule has 0 spiro atoms. The highest BCUT2D eigenvalue weighted by molar-refractivity contribution is 6.11. The molecule has 0 unspecified atom stereocenters. The topological polar surface area (TPSA) is 54.7 Å². The third-order valence-corrected chi connectivity index (χ3v) is 5.15. The van der Waals surface area contributed by atoms with Crippen LogP contribution in [-0.2, 0) is 6.54 Å². The van der Waals surface area contributed by atoms with Crippen molar-refractivity contribution in [1.29, 1.82) is 0 Å². The molecule has 1 aromatic heterocycles. The summed E-state index contributed by atoms with van der Waals surface area (Å²) in [6.45, 7) is 2.63. The van der Waals surface area contributed by atoms with E-state index in [4.69, 9.17) is 18.9 Å². The van der Waals surface area contributed by atoms with Gasteiger partial charge in [-0.3, -0.25) is 4.68 Å². The summed E-state index contributed by atoms with van der Waals surface area (Å²) in [5.41, 5.74) is 2.12. The minimum atomic E-state index is 0.643. The van der Waals surface area contributed by atoms with Crippen molar-refractivity contribution in [2.45, 2.75) is 13.5 Å². The first-order valence-electron chi connectivity index (χ1n) is 9.31. The maximum absolute atomic E-state index is 5.56. The van der Waals surface area contributed by atoms with E-state index in [1.165, 1.54) is 0 Å². The number of fused-ring (bicyclic) bond motifs is 3. The first-order chi connectivity index (χ1) is 14.1. The maximum atomic E-state index is 5.56. The standard InChI is InChI=1S/C23H24N2O4/c1-14-6-7-25(24-14)13-16-8-15-9-20(26-2)21(27-3)10-17(15)19-12-23(29-5)22(28-4)11-18(16)19/h6-12H,13H2,1-5H3. The quantitative estimate of drug-likeness (QED) is 0.450. The van der Waals surface area contributed by atoms with Gasteiger partial charge in [0.1, 0.15) is 0 Å². The first-order valence-corrected chi connectivity index (χ1v) is 9.31. The molecule has 0 bridgehead atoms. The molecule has 0 saturated heterocycles. The van der Waals surface area contributed by atoms with E-state index in [2.05, 4.69) is 11.2 Å². The number of benzene rings is 3. The van der Waals surface area contributed by atoms with E-state index in [-0.39, 0.29) is 0 Å². The summed E-state index contributed by atoms with van der Waals surface area (Å²) < 4.78 is 24.1. The third-order valence-electron chi connectivity index (χ3n) is 5.15. The van der Waals surface area contributed by atoms with E-state index in [1.54, 1.807) is 28.4 Å². The Morgan fingerprint density at radius 1 is 0.724 bits per heavy atom. The molecule has 0 N–H and O–H groups in total. The van der Waals surface area contributed by atoms with Crippen molar-refractivity contribution in [2.24, 2.45) is 0 Å². The van der Waals surface area contributed by atoms with Gasteiger partial charge in [-0.25, -0.2) is 0 Å². The zero-order valence-electron chi connectivity index (χ0n) is 17.3. The van der Waals surface area contributed by atoms with Gasteiger partial charge in [-0.2, -0.15) is 5.10 Å². The lowest BCUT2D eigenvalue weighted by Gasteiger charge is -2.16. The van der Waals surface area contributed by atoms with Gasteiger partial charge in [-0.1, -0.05) is 0 Å². The number of aromatic nitrogens is 2. The largest absolute Gasteiger partial charge is 0.493 e. The van der Waals surface area contributed by atoms with Crippen LogP contribution in [0.2, 0.25) is 0 Å². The second-order valence-electron chi connectivity index (χ2n) is 6.87. The first kappa shape index (κ1) is 18.9. The second kappa shape index (κ2) is 7.54. The fraction of sp³-hybridized carbons (Fsp3) is 0.261. The van der Waals surface area contributed by atoms with Gasteiger partial charge in [0.2, 0.25) is 0 Å². The number of hydrogen-bond donors (Lipinski definition) is 0. The summed E-state index contributed by atoms with van der Waals surface area (Å²) in [4.78, 5) is 0. The van der Waals surface area contributed by atoms with Crippen LogP contribution in [0.3, 0.4) is 0 Å². The van der Waals surface area contributed by atoms with Crippen LogP contribution in [0.1, 0.15) is 11.3 Å². The molecule has 3 aromatic carbocycles. The molecular weight excluding hydrogens is 368 g/mol. The molecular formula is C23H24N2O4. The van der Waals surface area contributed by atoms with Gasteiger partial charge in [-0.05, 0) is 70.4 Å². The van der Waals surface area contributed by atoms with Crippen molar-refractivity contribution >= 4 is 21.5 Å². The fourth-order valence-corrected chi connectivity index (χ4v) is 3.74. The fourth-order valence-electron chi connectivity index (χ4n) is 3.74. The van der Waals surface area contributed by atoms with Gasteiger partial charge in [-0.15, -0.1) is 0 Å². The van der Waals surface area contributed by atoms with Gasteiger partial charge in [0.25, 0.3) is 0 Å². The Balaban J connectivity index is 2.05. The Labute approximate surface area is 169 Å². The highest BCUT2D eigenvalue weighted by atomic mass is 16.5.